The average Bonchev–Trinajstić information content (AvgIpc) is 3.35. The Morgan fingerprint density at radius 2 is 1.82 bits per heavy atom. The molecule has 8 heteroatoms. The predicted molar refractivity (Wildman–Crippen MR) is 130 cm³/mol. The van der Waals surface area contributed by atoms with E-state index in [9.17, 15) is 9.59 Å². The van der Waals surface area contributed by atoms with Gasteiger partial charge in [0.15, 0.2) is 5.13 Å². The fourth-order valence-corrected chi connectivity index (χ4v) is 4.92. The first-order valence-electron chi connectivity index (χ1n) is 10.7. The average molecular weight is 466 g/mol. The van der Waals surface area contributed by atoms with Gasteiger partial charge >= 0.3 is 0 Å². The number of hydrogen-bond acceptors (Lipinski definition) is 6. The number of ether oxygens (including phenoxy) is 2. The Kier molecular flexibility index (Phi) is 6.37. The molecule has 1 N–H and O–H groups in total. The molecule has 0 bridgehead atoms. The molecule has 1 aromatic heterocycles. The van der Waals surface area contributed by atoms with Crippen LogP contribution in [0.15, 0.2) is 36.4 Å². The zero-order valence-corrected chi connectivity index (χ0v) is 20.2. The van der Waals surface area contributed by atoms with Crippen molar-refractivity contribution in [1.82, 2.24) is 4.98 Å². The number of amides is 2. The molecule has 3 aromatic rings. The van der Waals surface area contributed by atoms with Crippen molar-refractivity contribution in [3.63, 3.8) is 0 Å². The lowest BCUT2D eigenvalue weighted by Crippen LogP contribution is -2.28. The van der Waals surface area contributed by atoms with Crippen LogP contribution in [0, 0.1) is 26.7 Å². The van der Waals surface area contributed by atoms with Gasteiger partial charge < -0.3 is 19.7 Å². The number of nitrogens with one attached hydrogen (secondary N) is 1. The summed E-state index contributed by atoms with van der Waals surface area (Å²) in [4.78, 5) is 33.0. The largest absolute Gasteiger partial charge is 0.496 e. The van der Waals surface area contributed by atoms with Gasteiger partial charge in [-0.25, -0.2) is 4.98 Å². The molecule has 0 aliphatic carbocycles. The number of hydrogen-bond donors (Lipinski definition) is 1. The van der Waals surface area contributed by atoms with Gasteiger partial charge in [0.2, 0.25) is 11.8 Å². The van der Waals surface area contributed by atoms with Crippen molar-refractivity contribution in [1.29, 1.82) is 0 Å². The number of thiazole rings is 1. The second kappa shape index (κ2) is 9.23. The molecule has 1 aliphatic rings. The van der Waals surface area contributed by atoms with Crippen LogP contribution < -0.4 is 19.7 Å². The van der Waals surface area contributed by atoms with Crippen molar-refractivity contribution in [2.75, 3.05) is 31.0 Å². The third kappa shape index (κ3) is 4.57. The normalized spacial score (nSPS) is 15.6. The highest BCUT2D eigenvalue weighted by Crippen LogP contribution is 2.36. The maximum atomic E-state index is 13.0. The molecule has 0 radical (unpaired) electrons. The van der Waals surface area contributed by atoms with E-state index in [0.29, 0.717) is 23.1 Å². The smallest absolute Gasteiger partial charge is 0.231 e. The van der Waals surface area contributed by atoms with Crippen LogP contribution in [0.3, 0.4) is 0 Å². The van der Waals surface area contributed by atoms with Gasteiger partial charge in [-0.3, -0.25) is 9.59 Å². The van der Waals surface area contributed by atoms with E-state index in [0.717, 1.165) is 33.0 Å². The molecule has 172 valence electrons. The van der Waals surface area contributed by atoms with Gasteiger partial charge in [-0.1, -0.05) is 6.07 Å². The van der Waals surface area contributed by atoms with Crippen LogP contribution in [-0.4, -0.2) is 37.6 Å². The van der Waals surface area contributed by atoms with E-state index in [1.165, 1.54) is 11.3 Å². The summed E-state index contributed by atoms with van der Waals surface area (Å²) in [6.07, 6.45) is 0.151. The van der Waals surface area contributed by atoms with E-state index in [4.69, 9.17) is 9.47 Å². The minimum atomic E-state index is -0.460. The third-order valence-corrected chi connectivity index (χ3v) is 6.70. The number of rotatable bonds is 6. The Labute approximate surface area is 197 Å². The van der Waals surface area contributed by atoms with Crippen molar-refractivity contribution in [2.45, 2.75) is 27.2 Å². The van der Waals surface area contributed by atoms with Gasteiger partial charge in [0.1, 0.15) is 11.5 Å². The number of methoxy groups -OCH3 is 2. The molecule has 1 aliphatic heterocycles. The Morgan fingerprint density at radius 3 is 2.52 bits per heavy atom. The molecular weight excluding hydrogens is 438 g/mol. The number of nitrogens with zero attached hydrogens (tertiary/aromatic N) is 2. The number of aryl methyl sites for hydroxylation is 3. The molecule has 2 heterocycles. The number of benzene rings is 2. The number of anilines is 2. The number of aromatic nitrogens is 1. The summed E-state index contributed by atoms with van der Waals surface area (Å²) >= 11 is 1.43. The quantitative estimate of drug-likeness (QED) is 0.569. The van der Waals surface area contributed by atoms with Gasteiger partial charge in [-0.2, -0.15) is 0 Å². The standard InChI is InChI=1S/C25H27N3O4S/c1-14-6-8-21(32-5)19(10-14)28-13-18(12-22(28)29)24(30)27-25-26-23(16(3)33-25)17-7-9-20(31-4)15(2)11-17/h6-11,18H,12-13H2,1-5H3,(H,26,27,30). The minimum Gasteiger partial charge on any atom is -0.496 e. The summed E-state index contributed by atoms with van der Waals surface area (Å²) in [7, 11) is 3.22. The van der Waals surface area contributed by atoms with E-state index in [1.54, 1.807) is 19.1 Å². The van der Waals surface area contributed by atoms with Crippen molar-refractivity contribution in [3.8, 4) is 22.8 Å². The molecule has 0 spiro atoms. The van der Waals surface area contributed by atoms with Crippen LogP contribution >= 0.6 is 11.3 Å². The van der Waals surface area contributed by atoms with Crippen LogP contribution in [-0.2, 0) is 9.59 Å². The van der Waals surface area contributed by atoms with Gasteiger partial charge in [0, 0.05) is 23.4 Å². The molecule has 4 rings (SSSR count). The molecule has 1 atom stereocenters. The second-order valence-corrected chi connectivity index (χ2v) is 9.38. The Bertz CT molecular complexity index is 1220. The van der Waals surface area contributed by atoms with Crippen molar-refractivity contribution in [3.05, 3.63) is 52.4 Å². The third-order valence-electron chi connectivity index (χ3n) is 5.82. The van der Waals surface area contributed by atoms with Gasteiger partial charge in [-0.05, 0) is 62.2 Å². The van der Waals surface area contributed by atoms with E-state index in [-0.39, 0.29) is 18.2 Å². The molecule has 1 fully saturated rings. The number of carbonyl (C=O) groups excluding carboxylic acids is 2. The lowest BCUT2D eigenvalue weighted by molar-refractivity contribution is -0.122. The highest BCUT2D eigenvalue weighted by molar-refractivity contribution is 7.16. The van der Waals surface area contributed by atoms with Gasteiger partial charge in [0.05, 0.1) is 31.5 Å². The van der Waals surface area contributed by atoms with Crippen LogP contribution in [0.4, 0.5) is 10.8 Å². The van der Waals surface area contributed by atoms with Crippen molar-refractivity contribution in [2.24, 2.45) is 5.92 Å². The minimum absolute atomic E-state index is 0.0937. The predicted octanol–water partition coefficient (Wildman–Crippen LogP) is 4.74. The Hall–Kier alpha value is -3.39. The molecule has 2 amide bonds. The van der Waals surface area contributed by atoms with Gasteiger partial charge in [0.25, 0.3) is 0 Å². The van der Waals surface area contributed by atoms with E-state index in [2.05, 4.69) is 10.3 Å². The first-order chi connectivity index (χ1) is 15.8. The molecule has 1 unspecified atom stereocenters. The second-order valence-electron chi connectivity index (χ2n) is 8.18. The summed E-state index contributed by atoms with van der Waals surface area (Å²) in [6, 6.07) is 11.6. The van der Waals surface area contributed by atoms with E-state index >= 15 is 0 Å². The first kappa shape index (κ1) is 22.8. The molecule has 33 heavy (non-hydrogen) atoms. The molecular formula is C25H27N3O4S. The first-order valence-corrected chi connectivity index (χ1v) is 11.5. The fourth-order valence-electron chi connectivity index (χ4n) is 4.08. The summed E-state index contributed by atoms with van der Waals surface area (Å²) < 4.78 is 10.8. The maximum absolute atomic E-state index is 13.0. The van der Waals surface area contributed by atoms with E-state index < -0.39 is 5.92 Å². The van der Waals surface area contributed by atoms with E-state index in [1.807, 2.05) is 57.2 Å². The lowest BCUT2D eigenvalue weighted by Gasteiger charge is -2.20. The molecule has 1 saturated heterocycles. The monoisotopic (exact) mass is 465 g/mol. The molecule has 7 nitrogen and oxygen atoms in total. The summed E-state index contributed by atoms with van der Waals surface area (Å²) in [5.74, 6) is 0.678. The lowest BCUT2D eigenvalue weighted by atomic mass is 10.1. The topological polar surface area (TPSA) is 80.8 Å². The van der Waals surface area contributed by atoms with Gasteiger partial charge in [-0.15, -0.1) is 11.3 Å². The SMILES string of the molecule is COc1ccc(-c2nc(NC(=O)C3CC(=O)N(c4cc(C)ccc4OC)C3)sc2C)cc1C. The zero-order valence-electron chi connectivity index (χ0n) is 19.4. The van der Waals surface area contributed by atoms with Crippen molar-refractivity contribution < 1.29 is 19.1 Å². The Balaban J connectivity index is 1.50. The summed E-state index contributed by atoms with van der Waals surface area (Å²) in [5.41, 5.74) is 4.53. The van der Waals surface area contributed by atoms with Crippen LogP contribution in [0.5, 0.6) is 11.5 Å². The van der Waals surface area contributed by atoms with Crippen molar-refractivity contribution >= 4 is 34.0 Å². The number of carbonyl (C=O) groups is 2. The van der Waals surface area contributed by atoms with Crippen LogP contribution in [0.25, 0.3) is 11.3 Å². The molecule has 2 aromatic carbocycles. The Morgan fingerprint density at radius 1 is 1.09 bits per heavy atom. The summed E-state index contributed by atoms with van der Waals surface area (Å²) in [5, 5.41) is 3.45. The highest BCUT2D eigenvalue weighted by atomic mass is 32.1. The highest BCUT2D eigenvalue weighted by Gasteiger charge is 2.36. The van der Waals surface area contributed by atoms with Crippen LogP contribution in [0.1, 0.15) is 22.4 Å². The summed E-state index contributed by atoms with van der Waals surface area (Å²) in [6.45, 7) is 6.23. The zero-order chi connectivity index (χ0) is 23.7. The molecule has 0 saturated carbocycles. The van der Waals surface area contributed by atoms with Crippen LogP contribution in [0.2, 0.25) is 0 Å². The maximum Gasteiger partial charge on any atom is 0.231 e. The fraction of sp³-hybridized carbons (Fsp3) is 0.320.